The number of esters is 1. The summed E-state index contributed by atoms with van der Waals surface area (Å²) < 4.78 is 29.0. The fraction of sp³-hybridized carbons (Fsp3) is 0.294. The molecular weight excluding hydrogens is 532 g/mol. The average molecular weight is 567 g/mol. The number of aryl methyl sites for hydroxylation is 3. The van der Waals surface area contributed by atoms with Gasteiger partial charge in [0.25, 0.3) is 0 Å². The molecule has 0 saturated carbocycles. The van der Waals surface area contributed by atoms with Gasteiger partial charge >= 0.3 is 5.97 Å². The number of rotatable bonds is 8. The van der Waals surface area contributed by atoms with Crippen LogP contribution in [0.5, 0.6) is 23.0 Å². The highest BCUT2D eigenvalue weighted by atomic mass is 16.5. The molecule has 2 N–H and O–H groups in total. The molecule has 2 heterocycles. The summed E-state index contributed by atoms with van der Waals surface area (Å²) in [6, 6.07) is 16.7. The lowest BCUT2D eigenvalue weighted by Gasteiger charge is -2.27. The molecule has 8 nitrogen and oxygen atoms in total. The van der Waals surface area contributed by atoms with Gasteiger partial charge in [0, 0.05) is 22.6 Å². The van der Waals surface area contributed by atoms with Crippen molar-refractivity contribution in [3.63, 3.8) is 0 Å². The SMILES string of the molecule is COc1cc(C2C(C#N)=C(N)Oc3cc(OC(=O)c4oc5cc(C)cc(C)c5c4C)ccc32)ccc1OCCC(C)C. The summed E-state index contributed by atoms with van der Waals surface area (Å²) in [6.07, 6.45) is 0.915. The second-order valence-electron chi connectivity index (χ2n) is 11.0. The van der Waals surface area contributed by atoms with Gasteiger partial charge in [-0.3, -0.25) is 0 Å². The van der Waals surface area contributed by atoms with E-state index in [9.17, 15) is 10.1 Å². The lowest BCUT2D eigenvalue weighted by molar-refractivity contribution is 0.0702. The molecule has 8 heteroatoms. The maximum atomic E-state index is 13.2. The standard InChI is InChI=1S/C34H34N2O6/c1-18(2)11-12-39-26-10-7-22(15-28(26)38-6)31-24-9-8-23(16-27(24)42-33(36)25(31)17-35)40-34(37)32-21(5)30-20(4)13-19(3)14-29(30)41-32/h7-10,13-16,18,31H,11-12,36H2,1-6H3. The van der Waals surface area contributed by atoms with E-state index in [1.807, 2.05) is 51.1 Å². The van der Waals surface area contributed by atoms with Crippen LogP contribution in [0.3, 0.4) is 0 Å². The number of ether oxygens (including phenoxy) is 4. The van der Waals surface area contributed by atoms with Crippen molar-refractivity contribution in [3.05, 3.63) is 93.6 Å². The largest absolute Gasteiger partial charge is 0.493 e. The molecule has 1 aromatic heterocycles. The number of methoxy groups -OCH3 is 1. The molecule has 1 unspecified atom stereocenters. The Morgan fingerprint density at radius 3 is 2.57 bits per heavy atom. The molecule has 0 aliphatic carbocycles. The number of fused-ring (bicyclic) bond motifs is 2. The average Bonchev–Trinajstić information content (AvgIpc) is 3.28. The number of benzene rings is 3. The third-order valence-corrected chi connectivity index (χ3v) is 7.43. The fourth-order valence-electron chi connectivity index (χ4n) is 5.37. The van der Waals surface area contributed by atoms with E-state index in [1.54, 1.807) is 25.3 Å². The number of allylic oxidation sites excluding steroid dienone is 1. The first-order valence-electron chi connectivity index (χ1n) is 13.9. The van der Waals surface area contributed by atoms with Crippen LogP contribution in [0.2, 0.25) is 0 Å². The highest BCUT2D eigenvalue weighted by Crippen LogP contribution is 2.45. The van der Waals surface area contributed by atoms with Gasteiger partial charge in [0.1, 0.15) is 28.7 Å². The molecule has 0 bridgehead atoms. The molecule has 216 valence electrons. The second-order valence-corrected chi connectivity index (χ2v) is 11.0. The van der Waals surface area contributed by atoms with Crippen LogP contribution in [0.1, 0.15) is 64.6 Å². The van der Waals surface area contributed by atoms with Gasteiger partial charge in [-0.2, -0.15) is 5.26 Å². The molecule has 5 rings (SSSR count). The lowest BCUT2D eigenvalue weighted by Crippen LogP contribution is -2.21. The Balaban J connectivity index is 1.45. The van der Waals surface area contributed by atoms with Crippen molar-refractivity contribution in [1.29, 1.82) is 5.26 Å². The van der Waals surface area contributed by atoms with Gasteiger partial charge in [0.2, 0.25) is 11.6 Å². The van der Waals surface area contributed by atoms with Crippen molar-refractivity contribution in [3.8, 4) is 29.1 Å². The van der Waals surface area contributed by atoms with E-state index >= 15 is 0 Å². The molecule has 1 aliphatic rings. The predicted octanol–water partition coefficient (Wildman–Crippen LogP) is 7.23. The Morgan fingerprint density at radius 1 is 1.07 bits per heavy atom. The van der Waals surface area contributed by atoms with Gasteiger partial charge < -0.3 is 29.1 Å². The van der Waals surface area contributed by atoms with Crippen molar-refractivity contribution in [2.45, 2.75) is 47.0 Å². The topological polar surface area (TPSA) is 117 Å². The van der Waals surface area contributed by atoms with Gasteiger partial charge in [-0.15, -0.1) is 0 Å². The van der Waals surface area contributed by atoms with Gasteiger partial charge in [0.05, 0.1) is 19.6 Å². The van der Waals surface area contributed by atoms with Crippen LogP contribution in [0.25, 0.3) is 11.0 Å². The van der Waals surface area contributed by atoms with Crippen LogP contribution < -0.4 is 24.7 Å². The van der Waals surface area contributed by atoms with Crippen LogP contribution in [0, 0.1) is 38.0 Å². The third-order valence-electron chi connectivity index (χ3n) is 7.43. The van der Waals surface area contributed by atoms with Crippen molar-refractivity contribution >= 4 is 16.9 Å². The maximum Gasteiger partial charge on any atom is 0.379 e. The molecule has 0 saturated heterocycles. The van der Waals surface area contributed by atoms with Gasteiger partial charge in [0.15, 0.2) is 11.5 Å². The van der Waals surface area contributed by atoms with Crippen LogP contribution in [0.15, 0.2) is 64.4 Å². The number of carbonyl (C=O) groups excluding carboxylic acids is 1. The van der Waals surface area contributed by atoms with Crippen molar-refractivity contribution in [2.75, 3.05) is 13.7 Å². The van der Waals surface area contributed by atoms with E-state index < -0.39 is 11.9 Å². The molecule has 0 spiro atoms. The van der Waals surface area contributed by atoms with E-state index in [0.29, 0.717) is 40.9 Å². The monoisotopic (exact) mass is 566 g/mol. The summed E-state index contributed by atoms with van der Waals surface area (Å²) >= 11 is 0. The quantitative estimate of drug-likeness (QED) is 0.175. The van der Waals surface area contributed by atoms with E-state index in [4.69, 9.17) is 29.1 Å². The van der Waals surface area contributed by atoms with E-state index in [1.165, 1.54) is 0 Å². The molecule has 0 radical (unpaired) electrons. The number of nitrogens with zero attached hydrogens (tertiary/aromatic N) is 1. The third kappa shape index (κ3) is 5.38. The predicted molar refractivity (Wildman–Crippen MR) is 159 cm³/mol. The Morgan fingerprint density at radius 2 is 1.86 bits per heavy atom. The minimum atomic E-state index is -0.618. The fourth-order valence-corrected chi connectivity index (χ4v) is 5.37. The minimum absolute atomic E-state index is 0.0197. The zero-order valence-electron chi connectivity index (χ0n) is 24.7. The number of furan rings is 1. The first kappa shape index (κ1) is 28.6. The summed E-state index contributed by atoms with van der Waals surface area (Å²) in [5.41, 5.74) is 11.4. The van der Waals surface area contributed by atoms with Crippen LogP contribution in [-0.4, -0.2) is 19.7 Å². The number of hydrogen-bond acceptors (Lipinski definition) is 8. The summed E-state index contributed by atoms with van der Waals surface area (Å²) in [5.74, 6) is 1.31. The molecular formula is C34H34N2O6. The van der Waals surface area contributed by atoms with Crippen molar-refractivity contribution in [1.82, 2.24) is 0 Å². The lowest BCUT2D eigenvalue weighted by atomic mass is 9.83. The Labute approximate surface area is 245 Å². The molecule has 0 fully saturated rings. The zero-order chi connectivity index (χ0) is 30.1. The van der Waals surface area contributed by atoms with Crippen LogP contribution in [-0.2, 0) is 0 Å². The first-order valence-corrected chi connectivity index (χ1v) is 13.9. The molecule has 0 amide bonds. The molecule has 3 aromatic carbocycles. The minimum Gasteiger partial charge on any atom is -0.493 e. The normalized spacial score (nSPS) is 14.4. The van der Waals surface area contributed by atoms with Crippen molar-refractivity contribution in [2.24, 2.45) is 11.7 Å². The smallest absolute Gasteiger partial charge is 0.379 e. The second kappa shape index (κ2) is 11.5. The summed E-state index contributed by atoms with van der Waals surface area (Å²) in [4.78, 5) is 13.2. The number of nitriles is 1. The maximum absolute atomic E-state index is 13.2. The zero-order valence-corrected chi connectivity index (χ0v) is 24.7. The molecule has 42 heavy (non-hydrogen) atoms. The summed E-state index contributed by atoms with van der Waals surface area (Å²) in [6.45, 7) is 10.7. The highest BCUT2D eigenvalue weighted by Gasteiger charge is 2.32. The number of carbonyl (C=O) groups is 1. The Hall–Kier alpha value is -4.90. The van der Waals surface area contributed by atoms with Crippen LogP contribution >= 0.6 is 0 Å². The molecule has 1 atom stereocenters. The Kier molecular flexibility index (Phi) is 7.86. The van der Waals surface area contributed by atoms with Gasteiger partial charge in [-0.25, -0.2) is 4.79 Å². The van der Waals surface area contributed by atoms with E-state index in [0.717, 1.165) is 34.1 Å². The number of nitrogens with two attached hydrogens (primary N) is 1. The summed E-state index contributed by atoms with van der Waals surface area (Å²) in [5, 5.41) is 10.9. The highest BCUT2D eigenvalue weighted by molar-refractivity contribution is 5.98. The van der Waals surface area contributed by atoms with Gasteiger partial charge in [-0.05, 0) is 74.1 Å². The van der Waals surface area contributed by atoms with Gasteiger partial charge in [-0.1, -0.05) is 32.0 Å². The Bertz CT molecular complexity index is 1760. The molecule has 4 aromatic rings. The van der Waals surface area contributed by atoms with E-state index in [2.05, 4.69) is 19.9 Å². The van der Waals surface area contributed by atoms with Crippen LogP contribution in [0.4, 0.5) is 0 Å². The van der Waals surface area contributed by atoms with Crippen molar-refractivity contribution < 1.29 is 28.2 Å². The first-order chi connectivity index (χ1) is 20.1. The number of hydrogen-bond donors (Lipinski definition) is 1. The van der Waals surface area contributed by atoms with E-state index in [-0.39, 0.29) is 23.0 Å². The molecule has 1 aliphatic heterocycles. The summed E-state index contributed by atoms with van der Waals surface area (Å²) in [7, 11) is 1.58.